The number of nitro groups is 1. The van der Waals surface area contributed by atoms with E-state index in [2.05, 4.69) is 20.7 Å². The zero-order valence-corrected chi connectivity index (χ0v) is 14.4. The van der Waals surface area contributed by atoms with Crippen molar-refractivity contribution in [2.24, 2.45) is 0 Å². The number of nitro benzene ring substituents is 1. The fourth-order valence-corrected chi connectivity index (χ4v) is 2.60. The number of rotatable bonds is 3. The van der Waals surface area contributed by atoms with Crippen LogP contribution in [0.5, 0.6) is 0 Å². The summed E-state index contributed by atoms with van der Waals surface area (Å²) in [7, 11) is 1.20. The molecule has 122 valence electrons. The Hall–Kier alpha value is -1.67. The number of morpholine rings is 1. The average Bonchev–Trinajstić information content (AvgIpc) is 2.56. The van der Waals surface area contributed by atoms with E-state index < -0.39 is 10.9 Å². The van der Waals surface area contributed by atoms with Crippen molar-refractivity contribution >= 4 is 33.3 Å². The highest BCUT2D eigenvalue weighted by Gasteiger charge is 2.25. The van der Waals surface area contributed by atoms with Gasteiger partial charge in [0.1, 0.15) is 5.56 Å². The number of esters is 1. The van der Waals surface area contributed by atoms with Crippen LogP contribution in [-0.4, -0.2) is 44.3 Å². The van der Waals surface area contributed by atoms with Crippen molar-refractivity contribution in [1.82, 2.24) is 0 Å². The molecule has 0 radical (unpaired) electrons. The number of benzene rings is 1. The Balaban J connectivity index is 0.00000116. The van der Waals surface area contributed by atoms with Crippen molar-refractivity contribution in [1.29, 1.82) is 0 Å². The van der Waals surface area contributed by atoms with E-state index in [0.29, 0.717) is 30.8 Å². The predicted octanol–water partition coefficient (Wildman–Crippen LogP) is 3.01. The molecule has 0 aliphatic carbocycles. The molecule has 1 aromatic rings. The van der Waals surface area contributed by atoms with Gasteiger partial charge in [-0.05, 0) is 22.0 Å². The summed E-state index contributed by atoms with van der Waals surface area (Å²) in [6.07, 6.45) is 0. The van der Waals surface area contributed by atoms with E-state index in [-0.39, 0.29) is 11.3 Å². The third-order valence-electron chi connectivity index (χ3n) is 3.02. The zero-order chi connectivity index (χ0) is 16.7. The van der Waals surface area contributed by atoms with Gasteiger partial charge in [-0.1, -0.05) is 13.8 Å². The molecule has 1 saturated heterocycles. The highest BCUT2D eigenvalue weighted by Crippen LogP contribution is 2.34. The molecule has 0 unspecified atom stereocenters. The highest BCUT2D eigenvalue weighted by atomic mass is 79.9. The number of halogens is 1. The van der Waals surface area contributed by atoms with Gasteiger partial charge in [-0.3, -0.25) is 10.1 Å². The molecule has 0 saturated carbocycles. The van der Waals surface area contributed by atoms with Crippen LogP contribution in [0.2, 0.25) is 0 Å². The number of carbonyl (C=O) groups is 1. The van der Waals surface area contributed by atoms with E-state index in [4.69, 9.17) is 4.74 Å². The summed E-state index contributed by atoms with van der Waals surface area (Å²) in [4.78, 5) is 24.1. The molecule has 8 heteroatoms. The van der Waals surface area contributed by atoms with Crippen LogP contribution in [0.3, 0.4) is 0 Å². The minimum atomic E-state index is -0.723. The minimum Gasteiger partial charge on any atom is -0.465 e. The van der Waals surface area contributed by atoms with Crippen LogP contribution in [0, 0.1) is 10.1 Å². The van der Waals surface area contributed by atoms with Gasteiger partial charge in [0, 0.05) is 23.6 Å². The van der Waals surface area contributed by atoms with Crippen molar-refractivity contribution in [2.75, 3.05) is 38.3 Å². The summed E-state index contributed by atoms with van der Waals surface area (Å²) in [5.74, 6) is -0.723. The predicted molar refractivity (Wildman–Crippen MR) is 86.5 cm³/mol. The van der Waals surface area contributed by atoms with Crippen LogP contribution in [0.25, 0.3) is 0 Å². The van der Waals surface area contributed by atoms with Gasteiger partial charge in [0.25, 0.3) is 5.69 Å². The smallest absolute Gasteiger partial charge is 0.344 e. The number of carbonyl (C=O) groups excluding carboxylic acids is 1. The fourth-order valence-electron chi connectivity index (χ4n) is 2.02. The number of ether oxygens (including phenoxy) is 2. The van der Waals surface area contributed by atoms with E-state index >= 15 is 0 Å². The first-order valence-corrected chi connectivity index (χ1v) is 7.73. The highest BCUT2D eigenvalue weighted by molar-refractivity contribution is 9.10. The second-order valence-electron chi connectivity index (χ2n) is 4.17. The summed E-state index contributed by atoms with van der Waals surface area (Å²) in [6, 6.07) is 2.82. The quantitative estimate of drug-likeness (QED) is 0.459. The molecule has 0 aromatic heterocycles. The molecule has 0 atom stereocenters. The number of hydrogen-bond donors (Lipinski definition) is 0. The molecular formula is C14H19BrN2O5. The van der Waals surface area contributed by atoms with Crippen molar-refractivity contribution < 1.29 is 19.2 Å². The zero-order valence-electron chi connectivity index (χ0n) is 12.8. The van der Waals surface area contributed by atoms with Crippen LogP contribution in [0.15, 0.2) is 16.6 Å². The van der Waals surface area contributed by atoms with E-state index in [0.717, 1.165) is 5.69 Å². The van der Waals surface area contributed by atoms with Gasteiger partial charge in [0.2, 0.25) is 0 Å². The van der Waals surface area contributed by atoms with Gasteiger partial charge >= 0.3 is 5.97 Å². The molecule has 1 aliphatic rings. The van der Waals surface area contributed by atoms with Crippen molar-refractivity contribution in [3.05, 3.63) is 32.3 Å². The summed E-state index contributed by atoms with van der Waals surface area (Å²) in [6.45, 7) is 6.49. The molecule has 1 aromatic carbocycles. The third-order valence-corrected chi connectivity index (χ3v) is 3.65. The number of anilines is 1. The Bertz CT molecular complexity index is 544. The lowest BCUT2D eigenvalue weighted by Crippen LogP contribution is -2.36. The van der Waals surface area contributed by atoms with Crippen LogP contribution >= 0.6 is 15.9 Å². The van der Waals surface area contributed by atoms with Crippen LogP contribution < -0.4 is 4.90 Å². The van der Waals surface area contributed by atoms with Gasteiger partial charge in [-0.15, -0.1) is 0 Å². The number of hydrogen-bond acceptors (Lipinski definition) is 6. The number of methoxy groups -OCH3 is 1. The lowest BCUT2D eigenvalue weighted by atomic mass is 10.1. The lowest BCUT2D eigenvalue weighted by Gasteiger charge is -2.29. The van der Waals surface area contributed by atoms with Crippen molar-refractivity contribution in [3.8, 4) is 0 Å². The summed E-state index contributed by atoms with van der Waals surface area (Å²) < 4.78 is 10.4. The molecule has 1 heterocycles. The monoisotopic (exact) mass is 374 g/mol. The maximum absolute atomic E-state index is 11.7. The third kappa shape index (κ3) is 4.17. The van der Waals surface area contributed by atoms with Crippen LogP contribution in [-0.2, 0) is 9.47 Å². The van der Waals surface area contributed by atoms with Gasteiger partial charge in [-0.25, -0.2) is 4.79 Å². The van der Waals surface area contributed by atoms with Crippen LogP contribution in [0.1, 0.15) is 24.2 Å². The second kappa shape index (κ2) is 8.70. The Morgan fingerprint density at radius 3 is 2.45 bits per heavy atom. The molecule has 1 fully saturated rings. The van der Waals surface area contributed by atoms with Gasteiger partial charge in [0.15, 0.2) is 0 Å². The average molecular weight is 375 g/mol. The lowest BCUT2D eigenvalue weighted by molar-refractivity contribution is -0.385. The Labute approximate surface area is 137 Å². The first kappa shape index (κ1) is 18.4. The molecule has 1 aliphatic heterocycles. The maximum atomic E-state index is 11.7. The second-order valence-corrected chi connectivity index (χ2v) is 5.02. The van der Waals surface area contributed by atoms with Gasteiger partial charge < -0.3 is 14.4 Å². The molecule has 7 nitrogen and oxygen atoms in total. The number of nitrogens with zero attached hydrogens (tertiary/aromatic N) is 2. The topological polar surface area (TPSA) is 81.9 Å². The van der Waals surface area contributed by atoms with Crippen molar-refractivity contribution in [2.45, 2.75) is 13.8 Å². The van der Waals surface area contributed by atoms with E-state index in [9.17, 15) is 14.9 Å². The summed E-state index contributed by atoms with van der Waals surface area (Å²) in [5, 5.41) is 11.0. The molecule has 0 N–H and O–H groups in total. The van der Waals surface area contributed by atoms with E-state index in [1.54, 1.807) is 0 Å². The summed E-state index contributed by atoms with van der Waals surface area (Å²) in [5.41, 5.74) is 0.391. The summed E-state index contributed by atoms with van der Waals surface area (Å²) >= 11 is 3.32. The normalized spacial score (nSPS) is 13.9. The molecule has 0 amide bonds. The largest absolute Gasteiger partial charge is 0.465 e. The first-order chi connectivity index (χ1) is 10.5. The Morgan fingerprint density at radius 1 is 1.36 bits per heavy atom. The van der Waals surface area contributed by atoms with Crippen molar-refractivity contribution in [3.63, 3.8) is 0 Å². The molecular weight excluding hydrogens is 356 g/mol. The van der Waals surface area contributed by atoms with Gasteiger partial charge in [0.05, 0.1) is 30.9 Å². The molecule has 2 rings (SSSR count). The molecule has 22 heavy (non-hydrogen) atoms. The Kier molecular flexibility index (Phi) is 7.26. The van der Waals surface area contributed by atoms with E-state index in [1.807, 2.05) is 18.7 Å². The fraction of sp³-hybridized carbons (Fsp3) is 0.500. The standard InChI is InChI=1S/C12H13BrN2O5.C2H6/c1-19-12(16)8-6-11(14-2-4-20-5-3-14)9(13)7-10(8)15(17)18;1-2/h6-7H,2-5H2,1H3;1-2H3. The SMILES string of the molecule is CC.COC(=O)c1cc(N2CCOCC2)c(Br)cc1[N+](=O)[O-]. The first-order valence-electron chi connectivity index (χ1n) is 6.93. The Morgan fingerprint density at radius 2 is 1.95 bits per heavy atom. The van der Waals surface area contributed by atoms with E-state index in [1.165, 1.54) is 19.2 Å². The van der Waals surface area contributed by atoms with Crippen LogP contribution in [0.4, 0.5) is 11.4 Å². The molecule has 0 spiro atoms. The van der Waals surface area contributed by atoms with Gasteiger partial charge in [-0.2, -0.15) is 0 Å². The molecule has 0 bridgehead atoms. The minimum absolute atomic E-state index is 0.0535. The maximum Gasteiger partial charge on any atom is 0.344 e.